The fourth-order valence-corrected chi connectivity index (χ4v) is 4.88. The summed E-state index contributed by atoms with van der Waals surface area (Å²) in [5.74, 6) is -0.630. The predicted octanol–water partition coefficient (Wildman–Crippen LogP) is 3.77. The van der Waals surface area contributed by atoms with E-state index in [9.17, 15) is 19.6 Å². The lowest BCUT2D eigenvalue weighted by atomic mass is 9.98. The van der Waals surface area contributed by atoms with E-state index in [2.05, 4.69) is 26.5 Å². The van der Waals surface area contributed by atoms with Crippen LogP contribution in [0.3, 0.4) is 0 Å². The first-order chi connectivity index (χ1) is 20.0. The van der Waals surface area contributed by atoms with E-state index in [0.29, 0.717) is 12.0 Å². The van der Waals surface area contributed by atoms with E-state index >= 15 is 0 Å². The Balaban J connectivity index is 0.000000156. The Morgan fingerprint density at radius 3 is 2.05 bits per heavy atom. The summed E-state index contributed by atoms with van der Waals surface area (Å²) in [5, 5.41) is 33.0. The van der Waals surface area contributed by atoms with E-state index in [1.54, 1.807) is 29.4 Å². The number of nitrogens with one attached hydrogen (secondary N) is 2. The molecule has 0 radical (unpaired) electrons. The summed E-state index contributed by atoms with van der Waals surface area (Å²) in [6, 6.07) is 15.3. The van der Waals surface area contributed by atoms with Gasteiger partial charge in [0.15, 0.2) is 0 Å². The number of nitriles is 2. The number of rotatable bonds is 5. The van der Waals surface area contributed by atoms with Gasteiger partial charge >= 0.3 is 0 Å². The zero-order valence-corrected chi connectivity index (χ0v) is 22.8. The Labute approximate surface area is 237 Å². The van der Waals surface area contributed by atoms with Crippen LogP contribution in [0.15, 0.2) is 48.8 Å². The lowest BCUT2D eigenvalue weighted by Gasteiger charge is -2.18. The number of hydrogen-bond acceptors (Lipinski definition) is 7. The number of fused-ring (bicyclic) bond motifs is 2. The molecule has 11 heteroatoms. The highest BCUT2D eigenvalue weighted by Gasteiger charge is 2.26. The third-order valence-corrected chi connectivity index (χ3v) is 7.11. The lowest BCUT2D eigenvalue weighted by Crippen LogP contribution is -2.34. The third kappa shape index (κ3) is 7.76. The number of likely N-dealkylation sites (tertiary alicyclic amines) is 2. The van der Waals surface area contributed by atoms with Gasteiger partial charge in [-0.15, -0.1) is 0 Å². The molecule has 2 fully saturated rings. The zero-order valence-electron chi connectivity index (χ0n) is 22.8. The molecule has 0 spiro atoms. The molecule has 0 aliphatic carbocycles. The molecule has 11 nitrogen and oxygen atoms in total. The van der Waals surface area contributed by atoms with Gasteiger partial charge in [0, 0.05) is 42.5 Å². The van der Waals surface area contributed by atoms with Crippen LogP contribution >= 0.6 is 0 Å². The van der Waals surface area contributed by atoms with Crippen LogP contribution in [0.1, 0.15) is 48.0 Å². The largest absolute Gasteiger partial charge is 0.342 e. The molecular formula is C30H32N8O3. The van der Waals surface area contributed by atoms with Crippen LogP contribution in [-0.2, 0) is 16.0 Å². The molecule has 6 rings (SSSR count). The Morgan fingerprint density at radius 2 is 1.46 bits per heavy atom. The third-order valence-electron chi connectivity index (χ3n) is 7.11. The molecule has 41 heavy (non-hydrogen) atoms. The van der Waals surface area contributed by atoms with Crippen LogP contribution in [0.25, 0.3) is 21.8 Å². The number of H-pyrrole nitrogens is 2. The summed E-state index contributed by atoms with van der Waals surface area (Å²) in [4.78, 5) is 37.1. The summed E-state index contributed by atoms with van der Waals surface area (Å²) in [7, 11) is 0. The van der Waals surface area contributed by atoms with Crippen molar-refractivity contribution in [3.05, 3.63) is 59.9 Å². The average Bonchev–Trinajstić information content (AvgIpc) is 3.83. The van der Waals surface area contributed by atoms with Crippen molar-refractivity contribution in [3.8, 4) is 12.1 Å². The molecule has 2 aromatic heterocycles. The lowest BCUT2D eigenvalue weighted by molar-refractivity contribution is -0.132. The number of aromatic amines is 2. The van der Waals surface area contributed by atoms with E-state index in [1.165, 1.54) is 0 Å². The van der Waals surface area contributed by atoms with Crippen molar-refractivity contribution >= 4 is 39.9 Å². The van der Waals surface area contributed by atoms with Crippen molar-refractivity contribution in [3.63, 3.8) is 0 Å². The number of amides is 2. The van der Waals surface area contributed by atoms with Gasteiger partial charge in [0.1, 0.15) is 18.6 Å². The maximum atomic E-state index is 12.3. The van der Waals surface area contributed by atoms with Crippen LogP contribution < -0.4 is 0 Å². The number of aromatic nitrogens is 4. The van der Waals surface area contributed by atoms with Crippen LogP contribution in [0.5, 0.6) is 0 Å². The normalized spacial score (nSPS) is 14.8. The van der Waals surface area contributed by atoms with Gasteiger partial charge in [-0.25, -0.2) is 0 Å². The number of carbonyl (C=O) groups is 3. The quantitative estimate of drug-likeness (QED) is 0.356. The minimum absolute atomic E-state index is 0.0139. The standard InChI is InChI=1S/C15H16N4O.C8H6N2O.C7H10N2O/c16-9-12(15(20)19-5-1-2-6-19)7-11-3-4-14-13(8-11)10-17-18-14;11-5-6-1-2-8-7(3-6)4-9-10-8;8-4-3-7(10)9-5-1-2-6-9/h3-4,8,10,12H,1-2,5-7H2,(H,17,18);1-5H,(H,9,10);1-3,5-6H2. The number of benzene rings is 2. The predicted molar refractivity (Wildman–Crippen MR) is 152 cm³/mol. The van der Waals surface area contributed by atoms with Crippen molar-refractivity contribution in [2.45, 2.75) is 38.5 Å². The van der Waals surface area contributed by atoms with Gasteiger partial charge in [-0.3, -0.25) is 24.6 Å². The molecule has 4 heterocycles. The fourth-order valence-electron chi connectivity index (χ4n) is 4.88. The minimum atomic E-state index is -0.586. The molecule has 2 aromatic carbocycles. The summed E-state index contributed by atoms with van der Waals surface area (Å²) in [5.41, 5.74) is 3.60. The second kappa shape index (κ2) is 14.4. The van der Waals surface area contributed by atoms with Gasteiger partial charge in [-0.2, -0.15) is 20.7 Å². The first-order valence-electron chi connectivity index (χ1n) is 13.7. The van der Waals surface area contributed by atoms with Crippen LogP contribution in [-0.4, -0.2) is 74.5 Å². The van der Waals surface area contributed by atoms with Crippen molar-refractivity contribution in [1.29, 1.82) is 10.5 Å². The highest BCUT2D eigenvalue weighted by molar-refractivity contribution is 5.86. The number of nitrogens with zero attached hydrogens (tertiary/aromatic N) is 6. The van der Waals surface area contributed by atoms with Gasteiger partial charge in [0.05, 0.1) is 35.6 Å². The number of aldehydes is 1. The molecule has 2 aliphatic heterocycles. The van der Waals surface area contributed by atoms with Crippen molar-refractivity contribution in [2.24, 2.45) is 5.92 Å². The van der Waals surface area contributed by atoms with Crippen LogP contribution in [0.2, 0.25) is 0 Å². The van der Waals surface area contributed by atoms with Gasteiger partial charge in [-0.1, -0.05) is 6.07 Å². The van der Waals surface area contributed by atoms with Crippen LogP contribution in [0, 0.1) is 28.6 Å². The molecule has 2 amide bonds. The van der Waals surface area contributed by atoms with Crippen molar-refractivity contribution < 1.29 is 14.4 Å². The second-order valence-electron chi connectivity index (χ2n) is 9.97. The van der Waals surface area contributed by atoms with E-state index in [1.807, 2.05) is 35.2 Å². The summed E-state index contributed by atoms with van der Waals surface area (Å²) < 4.78 is 0. The maximum absolute atomic E-state index is 12.3. The molecule has 2 aliphatic rings. The first-order valence-corrected chi connectivity index (χ1v) is 13.7. The molecule has 2 N–H and O–H groups in total. The first kappa shape index (κ1) is 29.0. The Bertz CT molecular complexity index is 1570. The summed E-state index contributed by atoms with van der Waals surface area (Å²) in [6.07, 6.45) is 9.06. The second-order valence-corrected chi connectivity index (χ2v) is 9.97. The Hall–Kier alpha value is -5.03. The van der Waals surface area contributed by atoms with E-state index < -0.39 is 5.92 Å². The minimum Gasteiger partial charge on any atom is -0.342 e. The topological polar surface area (TPSA) is 163 Å². The zero-order chi connectivity index (χ0) is 29.0. The molecular weight excluding hydrogens is 520 g/mol. The SMILES string of the molecule is N#CC(Cc1ccc2[nH]ncc2c1)C(=O)N1CCCC1.N#CCC(=O)N1CCCC1.O=Cc1ccc2[nH]ncc2c1. The van der Waals surface area contributed by atoms with Gasteiger partial charge < -0.3 is 9.80 Å². The fraction of sp³-hybridized carbons (Fsp3) is 0.367. The Morgan fingerprint density at radius 1 is 0.878 bits per heavy atom. The van der Waals surface area contributed by atoms with Gasteiger partial charge in [0.2, 0.25) is 11.8 Å². The molecule has 0 bridgehead atoms. The highest BCUT2D eigenvalue weighted by atomic mass is 16.2. The van der Waals surface area contributed by atoms with Crippen molar-refractivity contribution in [2.75, 3.05) is 26.2 Å². The van der Waals surface area contributed by atoms with E-state index in [0.717, 1.165) is 85.5 Å². The Kier molecular flexibility index (Phi) is 10.2. The average molecular weight is 553 g/mol. The number of carbonyl (C=O) groups excluding carboxylic acids is 3. The maximum Gasteiger partial charge on any atom is 0.240 e. The molecule has 210 valence electrons. The van der Waals surface area contributed by atoms with Gasteiger partial charge in [0.25, 0.3) is 0 Å². The summed E-state index contributed by atoms with van der Waals surface area (Å²) in [6.45, 7) is 3.27. The number of hydrogen-bond donors (Lipinski definition) is 2. The van der Waals surface area contributed by atoms with E-state index in [-0.39, 0.29) is 18.2 Å². The monoisotopic (exact) mass is 552 g/mol. The molecule has 0 saturated carbocycles. The molecule has 1 atom stereocenters. The molecule has 4 aromatic rings. The molecule has 2 saturated heterocycles. The molecule has 1 unspecified atom stereocenters. The van der Waals surface area contributed by atoms with Crippen LogP contribution in [0.4, 0.5) is 0 Å². The smallest absolute Gasteiger partial charge is 0.240 e. The van der Waals surface area contributed by atoms with E-state index in [4.69, 9.17) is 5.26 Å². The summed E-state index contributed by atoms with van der Waals surface area (Å²) >= 11 is 0. The van der Waals surface area contributed by atoms with Gasteiger partial charge in [-0.05, 0) is 68.0 Å². The highest BCUT2D eigenvalue weighted by Crippen LogP contribution is 2.19. The van der Waals surface area contributed by atoms with Crippen molar-refractivity contribution in [1.82, 2.24) is 30.2 Å².